The normalized spacial score (nSPS) is 14.6. The molecule has 0 spiro atoms. The summed E-state index contributed by atoms with van der Waals surface area (Å²) in [5.41, 5.74) is 0.901. The summed E-state index contributed by atoms with van der Waals surface area (Å²) < 4.78 is 10.3. The molecule has 0 saturated carbocycles. The maximum atomic E-state index is 11.1. The predicted octanol–water partition coefficient (Wildman–Crippen LogP) is -0.0491. The molecule has 1 saturated heterocycles. The number of non-ortho nitro benzene ring substituents is 1. The van der Waals surface area contributed by atoms with Crippen LogP contribution in [-0.4, -0.2) is 43.0 Å². The Bertz CT molecular complexity index is 582. The number of rotatable bonds is 3. The van der Waals surface area contributed by atoms with Gasteiger partial charge in [-0.1, -0.05) is 0 Å². The predicted molar refractivity (Wildman–Crippen MR) is 76.6 cm³/mol. The summed E-state index contributed by atoms with van der Waals surface area (Å²) in [6.45, 7) is 3.95. The van der Waals surface area contributed by atoms with Crippen molar-refractivity contribution in [1.82, 2.24) is 0 Å². The molecule has 1 aromatic rings. The van der Waals surface area contributed by atoms with Crippen molar-refractivity contribution >= 4 is 23.2 Å². The first kappa shape index (κ1) is 14.9. The number of hydrogen-bond acceptors (Lipinski definition) is 6. The zero-order valence-electron chi connectivity index (χ0n) is 11.7. The molecule has 1 aromatic carbocycles. The van der Waals surface area contributed by atoms with Crippen LogP contribution in [0.5, 0.6) is 0 Å². The Balaban J connectivity index is 2.35. The molecule has 3 N–H and O–H groups in total. The number of nitrogens with two attached hydrogens (primary N) is 1. The Hall–Kier alpha value is -2.48. The summed E-state index contributed by atoms with van der Waals surface area (Å²) in [6.07, 6.45) is 0. The number of nitrogens with one attached hydrogen (secondary N) is 1. The zero-order chi connectivity index (χ0) is 15.4. The highest BCUT2D eigenvalue weighted by Gasteiger charge is 2.19. The van der Waals surface area contributed by atoms with Crippen molar-refractivity contribution in [2.45, 2.75) is 6.92 Å². The Labute approximate surface area is 121 Å². The Morgan fingerprint density at radius 1 is 1.43 bits per heavy atom. The quantitative estimate of drug-likeness (QED) is 0.351. The van der Waals surface area contributed by atoms with E-state index in [1.165, 1.54) is 19.1 Å². The summed E-state index contributed by atoms with van der Waals surface area (Å²) in [5, 5.41) is 24.3. The van der Waals surface area contributed by atoms with E-state index in [2.05, 4.69) is 0 Å². The summed E-state index contributed by atoms with van der Waals surface area (Å²) in [6, 6.07) is 4.47. The minimum atomic E-state index is -0.486. The van der Waals surface area contributed by atoms with Gasteiger partial charge >= 0.3 is 5.90 Å². The lowest BCUT2D eigenvalue weighted by atomic mass is 10.1. The van der Waals surface area contributed by atoms with E-state index >= 15 is 0 Å². The van der Waals surface area contributed by atoms with Crippen molar-refractivity contribution in [3.05, 3.63) is 33.9 Å². The summed E-state index contributed by atoms with van der Waals surface area (Å²) in [5.74, 6) is -0.104. The molecule has 1 heterocycles. The molecule has 112 valence electrons. The zero-order valence-corrected chi connectivity index (χ0v) is 11.7. The van der Waals surface area contributed by atoms with E-state index in [1.54, 1.807) is 6.07 Å². The lowest BCUT2D eigenvalue weighted by molar-refractivity contribution is -0.384. The number of morpholine rings is 1. The van der Waals surface area contributed by atoms with E-state index in [4.69, 9.17) is 20.3 Å². The van der Waals surface area contributed by atoms with Gasteiger partial charge in [0.2, 0.25) is 5.90 Å². The molecule has 2 rings (SSSR count). The van der Waals surface area contributed by atoms with Crippen LogP contribution in [-0.2, 0) is 9.47 Å². The van der Waals surface area contributed by atoms with Crippen LogP contribution in [0.3, 0.4) is 0 Å². The molecule has 0 atom stereocenters. The third-order valence-electron chi connectivity index (χ3n) is 3.01. The lowest BCUT2D eigenvalue weighted by Crippen LogP contribution is -2.40. The fourth-order valence-electron chi connectivity index (χ4n) is 2.06. The monoisotopic (exact) mass is 293 g/mol. The van der Waals surface area contributed by atoms with E-state index in [0.29, 0.717) is 37.6 Å². The van der Waals surface area contributed by atoms with Crippen LogP contribution in [0.1, 0.15) is 12.5 Å². The van der Waals surface area contributed by atoms with E-state index in [0.717, 1.165) is 0 Å². The van der Waals surface area contributed by atoms with Crippen molar-refractivity contribution in [3.63, 3.8) is 0 Å². The van der Waals surface area contributed by atoms with Crippen LogP contribution in [0.4, 0.5) is 11.4 Å². The van der Waals surface area contributed by atoms with Crippen LogP contribution >= 0.6 is 0 Å². The van der Waals surface area contributed by atoms with Gasteiger partial charge in [0, 0.05) is 36.5 Å². The van der Waals surface area contributed by atoms with Gasteiger partial charge in [-0.15, -0.1) is 0 Å². The van der Waals surface area contributed by atoms with Crippen LogP contribution in [0, 0.1) is 15.5 Å². The fourth-order valence-corrected chi connectivity index (χ4v) is 2.06. The molecular formula is C13H17N4O4+. The molecule has 1 aliphatic heterocycles. The number of nitro benzene ring substituents is 1. The molecule has 0 aliphatic carbocycles. The molecule has 8 heteroatoms. The second-order valence-electron chi connectivity index (χ2n) is 4.64. The Morgan fingerprint density at radius 3 is 2.67 bits per heavy atom. The second-order valence-corrected chi connectivity index (χ2v) is 4.64. The van der Waals surface area contributed by atoms with E-state index in [-0.39, 0.29) is 17.5 Å². The second kappa shape index (κ2) is 6.31. The standard InChI is InChI=1S/C13H16N4O4/c1-9(14)21-13(15)10-6-11(8-12(7-10)17(18)19)16-2-4-20-5-3-16/h6-8,14-15H,2-5H2,1H3/p+1. The molecule has 0 amide bonds. The van der Waals surface area contributed by atoms with E-state index < -0.39 is 4.92 Å². The highest BCUT2D eigenvalue weighted by atomic mass is 16.6. The SMILES string of the molecule is CC(=[NH2+])OC(=N)c1cc(N2CCOCC2)cc([N+](=O)[O-])c1. The van der Waals surface area contributed by atoms with Gasteiger partial charge in [0.05, 0.1) is 25.1 Å². The Morgan fingerprint density at radius 2 is 2.10 bits per heavy atom. The topological polar surface area (TPSA) is 114 Å². The van der Waals surface area contributed by atoms with Crippen molar-refractivity contribution in [2.24, 2.45) is 0 Å². The molecule has 0 radical (unpaired) electrons. The van der Waals surface area contributed by atoms with Crippen LogP contribution in [0.15, 0.2) is 18.2 Å². The third kappa shape index (κ3) is 3.76. The largest absolute Gasteiger partial charge is 0.390 e. The van der Waals surface area contributed by atoms with E-state index in [1.807, 2.05) is 4.90 Å². The molecule has 0 unspecified atom stereocenters. The number of nitrogens with zero attached hydrogens (tertiary/aromatic N) is 2. The van der Waals surface area contributed by atoms with Gasteiger partial charge in [0.15, 0.2) is 0 Å². The average molecular weight is 293 g/mol. The third-order valence-corrected chi connectivity index (χ3v) is 3.01. The molecule has 1 fully saturated rings. The van der Waals surface area contributed by atoms with Crippen molar-refractivity contribution in [2.75, 3.05) is 31.2 Å². The van der Waals surface area contributed by atoms with Crippen molar-refractivity contribution in [3.8, 4) is 0 Å². The Kier molecular flexibility index (Phi) is 4.49. The van der Waals surface area contributed by atoms with Gasteiger partial charge in [-0.2, -0.15) is 0 Å². The smallest absolute Gasteiger partial charge is 0.336 e. The number of ether oxygens (including phenoxy) is 2. The molecule has 0 bridgehead atoms. The van der Waals surface area contributed by atoms with Crippen LogP contribution in [0.25, 0.3) is 0 Å². The number of nitro groups is 1. The first-order valence-corrected chi connectivity index (χ1v) is 6.45. The first-order chi connectivity index (χ1) is 9.97. The average Bonchev–Trinajstić information content (AvgIpc) is 2.47. The van der Waals surface area contributed by atoms with Gasteiger partial charge in [-0.25, -0.2) is 5.41 Å². The summed E-state index contributed by atoms with van der Waals surface area (Å²) >= 11 is 0. The maximum absolute atomic E-state index is 11.1. The molecule has 21 heavy (non-hydrogen) atoms. The first-order valence-electron chi connectivity index (χ1n) is 6.45. The lowest BCUT2D eigenvalue weighted by Gasteiger charge is -2.29. The number of benzene rings is 1. The minimum Gasteiger partial charge on any atom is -0.390 e. The molecule has 1 aliphatic rings. The number of hydrogen-bond donors (Lipinski definition) is 2. The molecular weight excluding hydrogens is 276 g/mol. The van der Waals surface area contributed by atoms with Crippen molar-refractivity contribution in [1.29, 1.82) is 5.41 Å². The van der Waals surface area contributed by atoms with Gasteiger partial charge in [0.25, 0.3) is 5.69 Å². The highest BCUT2D eigenvalue weighted by Crippen LogP contribution is 2.25. The van der Waals surface area contributed by atoms with Crippen LogP contribution in [0.2, 0.25) is 0 Å². The van der Waals surface area contributed by atoms with Gasteiger partial charge in [-0.3, -0.25) is 15.5 Å². The fraction of sp³-hybridized carbons (Fsp3) is 0.385. The van der Waals surface area contributed by atoms with Gasteiger partial charge in [0.1, 0.15) is 0 Å². The van der Waals surface area contributed by atoms with E-state index in [9.17, 15) is 10.1 Å². The van der Waals surface area contributed by atoms with Crippen molar-refractivity contribution < 1.29 is 19.8 Å². The van der Waals surface area contributed by atoms with Gasteiger partial charge < -0.3 is 14.4 Å². The minimum absolute atomic E-state index is 0.0861. The summed E-state index contributed by atoms with van der Waals surface area (Å²) in [7, 11) is 0. The van der Waals surface area contributed by atoms with Crippen LogP contribution < -0.4 is 10.3 Å². The molecule has 0 aromatic heterocycles. The number of anilines is 1. The summed E-state index contributed by atoms with van der Waals surface area (Å²) in [4.78, 5) is 12.5. The highest BCUT2D eigenvalue weighted by molar-refractivity contribution is 5.99. The maximum Gasteiger partial charge on any atom is 0.336 e. The van der Waals surface area contributed by atoms with Gasteiger partial charge in [-0.05, 0) is 6.07 Å². The molecule has 8 nitrogen and oxygen atoms in total.